The smallest absolute Gasteiger partial charge is 0.230 e. The molecule has 2 aliphatic rings. The van der Waals surface area contributed by atoms with Crippen molar-refractivity contribution < 1.29 is 9.47 Å². The lowest BCUT2D eigenvalue weighted by molar-refractivity contribution is -0.00581. The summed E-state index contributed by atoms with van der Waals surface area (Å²) in [5, 5.41) is 0. The number of hydrogen-bond acceptors (Lipinski definition) is 5. The first-order valence-corrected chi connectivity index (χ1v) is 6.09. The van der Waals surface area contributed by atoms with Crippen molar-refractivity contribution in [2.75, 3.05) is 13.2 Å². The van der Waals surface area contributed by atoms with Crippen molar-refractivity contribution in [3.8, 4) is 5.88 Å². The van der Waals surface area contributed by atoms with Gasteiger partial charge in [0.05, 0.1) is 24.3 Å². The summed E-state index contributed by atoms with van der Waals surface area (Å²) in [6.45, 7) is 1.44. The van der Waals surface area contributed by atoms with Gasteiger partial charge in [0.2, 0.25) is 5.88 Å². The molecule has 1 saturated heterocycles. The third-order valence-corrected chi connectivity index (χ3v) is 3.53. The molecule has 0 bridgehead atoms. The van der Waals surface area contributed by atoms with Crippen LogP contribution in [0, 0.1) is 0 Å². The second-order valence-corrected chi connectivity index (χ2v) is 4.74. The highest BCUT2D eigenvalue weighted by Crippen LogP contribution is 2.36. The molecule has 0 aromatic carbocycles. The fourth-order valence-corrected chi connectivity index (χ4v) is 2.54. The number of fused-ring (bicyclic) bond motifs is 1. The fraction of sp³-hybridized carbons (Fsp3) is 0.455. The summed E-state index contributed by atoms with van der Waals surface area (Å²) in [4.78, 5) is 5.24. The fourth-order valence-electron chi connectivity index (χ4n) is 1.87. The van der Waals surface area contributed by atoms with Crippen molar-refractivity contribution in [2.24, 2.45) is 4.40 Å². The van der Waals surface area contributed by atoms with Crippen LogP contribution < -0.4 is 4.74 Å². The normalized spacial score (nSPS) is 22.2. The van der Waals surface area contributed by atoms with E-state index in [0.29, 0.717) is 5.88 Å². The summed E-state index contributed by atoms with van der Waals surface area (Å²) >= 11 is 1.42. The van der Waals surface area contributed by atoms with Gasteiger partial charge in [-0.25, -0.2) is 9.38 Å². The summed E-state index contributed by atoms with van der Waals surface area (Å²) in [6, 6.07) is 3.87. The van der Waals surface area contributed by atoms with Crippen LogP contribution in [0.2, 0.25) is 0 Å². The van der Waals surface area contributed by atoms with Gasteiger partial charge in [0.25, 0.3) is 0 Å². The van der Waals surface area contributed by atoms with Crippen LogP contribution in [0.4, 0.5) is 0 Å². The molecule has 16 heavy (non-hydrogen) atoms. The van der Waals surface area contributed by atoms with Crippen molar-refractivity contribution in [2.45, 2.75) is 23.3 Å². The molecule has 0 unspecified atom stereocenters. The molecule has 5 heteroatoms. The summed E-state index contributed by atoms with van der Waals surface area (Å²) in [5.74, 6) is 0.687. The summed E-state index contributed by atoms with van der Waals surface area (Å²) in [6.07, 6.45) is 5.33. The van der Waals surface area contributed by atoms with E-state index < -0.39 is 0 Å². The van der Waals surface area contributed by atoms with Crippen LogP contribution in [-0.2, 0) is 4.74 Å². The van der Waals surface area contributed by atoms with Gasteiger partial charge in [-0.2, -0.15) is 0 Å². The molecule has 1 aromatic rings. The third-order valence-electron chi connectivity index (χ3n) is 2.81. The van der Waals surface area contributed by atoms with Gasteiger partial charge in [-0.05, 0) is 12.1 Å². The van der Waals surface area contributed by atoms with Crippen LogP contribution in [0.5, 0.6) is 5.88 Å². The molecule has 0 aliphatic carbocycles. The van der Waals surface area contributed by atoms with E-state index in [1.165, 1.54) is 11.9 Å². The molecule has 3 rings (SSSR count). The third kappa shape index (κ3) is 1.81. The molecule has 0 N–H and O–H groups in total. The molecule has 1 aromatic heterocycles. The number of rotatable bonds is 0. The van der Waals surface area contributed by atoms with E-state index in [1.807, 2.05) is 18.3 Å². The first-order valence-electron chi connectivity index (χ1n) is 5.31. The monoisotopic (exact) mass is 236 g/mol. The standard InChI is InChI=1S/C11H12N2O2S/c1-2-9-10(12-5-1)15-11(8-13-16-9)3-6-14-7-4-11/h1-2,5,8H,3-4,6-7H2. The van der Waals surface area contributed by atoms with Gasteiger partial charge in [-0.1, -0.05) is 0 Å². The van der Waals surface area contributed by atoms with Crippen molar-refractivity contribution in [1.29, 1.82) is 0 Å². The highest BCUT2D eigenvalue weighted by Gasteiger charge is 2.35. The molecule has 3 heterocycles. The molecule has 4 nitrogen and oxygen atoms in total. The zero-order chi connectivity index (χ0) is 10.8. The summed E-state index contributed by atoms with van der Waals surface area (Å²) < 4.78 is 15.7. The van der Waals surface area contributed by atoms with Crippen LogP contribution in [0.3, 0.4) is 0 Å². The zero-order valence-corrected chi connectivity index (χ0v) is 9.57. The highest BCUT2D eigenvalue weighted by atomic mass is 32.2. The van der Waals surface area contributed by atoms with Gasteiger partial charge >= 0.3 is 0 Å². The first-order chi connectivity index (χ1) is 7.88. The lowest BCUT2D eigenvalue weighted by Crippen LogP contribution is -2.43. The number of nitrogens with zero attached hydrogens (tertiary/aromatic N) is 2. The van der Waals surface area contributed by atoms with Crippen LogP contribution in [-0.4, -0.2) is 30.0 Å². The van der Waals surface area contributed by atoms with E-state index in [4.69, 9.17) is 9.47 Å². The van der Waals surface area contributed by atoms with Gasteiger partial charge in [0, 0.05) is 31.0 Å². The minimum atomic E-state index is -0.315. The van der Waals surface area contributed by atoms with Gasteiger partial charge in [-0.3, -0.25) is 0 Å². The SMILES string of the molecule is C1=NSc2cccnc2OC12CCOCC2. The maximum absolute atomic E-state index is 6.02. The second-order valence-electron chi connectivity index (χ2n) is 3.91. The Balaban J connectivity index is 1.94. The molecule has 1 spiro atoms. The van der Waals surface area contributed by atoms with Crippen molar-refractivity contribution in [1.82, 2.24) is 4.98 Å². The lowest BCUT2D eigenvalue weighted by atomic mass is 9.96. The predicted octanol–water partition coefficient (Wildman–Crippen LogP) is 2.10. The summed E-state index contributed by atoms with van der Waals surface area (Å²) in [5.41, 5.74) is -0.315. The Kier molecular flexibility index (Phi) is 2.57. The van der Waals surface area contributed by atoms with Gasteiger partial charge in [-0.15, -0.1) is 0 Å². The molecule has 0 radical (unpaired) electrons. The van der Waals surface area contributed by atoms with E-state index in [2.05, 4.69) is 9.38 Å². The second kappa shape index (κ2) is 4.07. The topological polar surface area (TPSA) is 43.7 Å². The van der Waals surface area contributed by atoms with Crippen LogP contribution in [0.1, 0.15) is 12.8 Å². The van der Waals surface area contributed by atoms with Crippen LogP contribution >= 0.6 is 11.9 Å². The Morgan fingerprint density at radius 2 is 2.19 bits per heavy atom. The summed E-state index contributed by atoms with van der Waals surface area (Å²) in [7, 11) is 0. The van der Waals surface area contributed by atoms with E-state index >= 15 is 0 Å². The average Bonchev–Trinajstić information content (AvgIpc) is 2.49. The molecular formula is C11H12N2O2S. The van der Waals surface area contributed by atoms with Gasteiger partial charge < -0.3 is 9.47 Å². The number of pyridine rings is 1. The molecule has 84 valence electrons. The number of hydrogen-bond donors (Lipinski definition) is 0. The van der Waals surface area contributed by atoms with Crippen LogP contribution in [0.15, 0.2) is 27.6 Å². The first kappa shape index (κ1) is 10.1. The molecule has 0 saturated carbocycles. The number of ether oxygens (including phenoxy) is 2. The molecule has 1 fully saturated rings. The average molecular weight is 236 g/mol. The van der Waals surface area contributed by atoms with E-state index in [0.717, 1.165) is 31.0 Å². The Morgan fingerprint density at radius 3 is 3.06 bits per heavy atom. The molecule has 0 atom stereocenters. The highest BCUT2D eigenvalue weighted by molar-refractivity contribution is 7.98. The Bertz CT molecular complexity index is 416. The van der Waals surface area contributed by atoms with Gasteiger partial charge in [0.1, 0.15) is 0 Å². The van der Waals surface area contributed by atoms with Crippen molar-refractivity contribution in [3.05, 3.63) is 18.3 Å². The lowest BCUT2D eigenvalue weighted by Gasteiger charge is -2.32. The largest absolute Gasteiger partial charge is 0.464 e. The zero-order valence-electron chi connectivity index (χ0n) is 8.76. The Hall–Kier alpha value is -1.07. The maximum atomic E-state index is 6.02. The molecular weight excluding hydrogens is 224 g/mol. The minimum Gasteiger partial charge on any atom is -0.464 e. The predicted molar refractivity (Wildman–Crippen MR) is 62.0 cm³/mol. The Morgan fingerprint density at radius 1 is 1.31 bits per heavy atom. The maximum Gasteiger partial charge on any atom is 0.230 e. The number of aromatic nitrogens is 1. The van der Waals surface area contributed by atoms with Crippen molar-refractivity contribution in [3.63, 3.8) is 0 Å². The van der Waals surface area contributed by atoms with E-state index in [1.54, 1.807) is 6.20 Å². The van der Waals surface area contributed by atoms with E-state index in [-0.39, 0.29) is 5.60 Å². The molecule has 2 aliphatic heterocycles. The minimum absolute atomic E-state index is 0.315. The van der Waals surface area contributed by atoms with Crippen molar-refractivity contribution >= 4 is 18.2 Å². The Labute approximate surface area is 98.2 Å². The quantitative estimate of drug-likeness (QED) is 0.647. The van der Waals surface area contributed by atoms with Gasteiger partial charge in [0.15, 0.2) is 5.60 Å². The van der Waals surface area contributed by atoms with E-state index in [9.17, 15) is 0 Å². The molecule has 0 amide bonds. The van der Waals surface area contributed by atoms with Crippen LogP contribution in [0.25, 0.3) is 0 Å².